The van der Waals surface area contributed by atoms with Crippen LogP contribution in [0.2, 0.25) is 0 Å². The van der Waals surface area contributed by atoms with Gasteiger partial charge >= 0.3 is 21.1 Å². The van der Waals surface area contributed by atoms with Crippen molar-refractivity contribution in [3.63, 3.8) is 0 Å². The molecule has 1 aliphatic rings. The zero-order valence-electron chi connectivity index (χ0n) is 8.50. The van der Waals surface area contributed by atoms with E-state index in [1.54, 1.807) is 0 Å². The van der Waals surface area contributed by atoms with E-state index >= 15 is 0 Å². The van der Waals surface area contributed by atoms with E-state index in [0.29, 0.717) is 0 Å². The Hall–Kier alpha value is -0.162. The van der Waals surface area contributed by atoms with Gasteiger partial charge in [-0.1, -0.05) is 12.8 Å². The standard InChI is InChI=1S/C6H14N2.C2H2O4.ClH.Pt/c7-5-3-1-2-4-6(5)8;3-1(4)2(5)6;;/h5-6H,1-4,7-8H2;(H,3,4)(H,5,6);1H;/q;;;+2/p-2/t5-,6-;;;/m1.../s1. The van der Waals surface area contributed by atoms with Crippen molar-refractivity contribution in [2.24, 2.45) is 11.5 Å². The third kappa shape index (κ3) is 10.4. The summed E-state index contributed by atoms with van der Waals surface area (Å²) in [6.45, 7) is 0. The van der Waals surface area contributed by atoms with Crippen LogP contribution in [-0.4, -0.2) is 24.0 Å². The molecule has 16 heavy (non-hydrogen) atoms. The van der Waals surface area contributed by atoms with Crippen molar-refractivity contribution < 1.29 is 40.9 Å². The predicted octanol–water partition coefficient (Wildman–Crippen LogP) is -2.88. The molecule has 0 aliphatic heterocycles. The van der Waals surface area contributed by atoms with Crippen molar-refractivity contribution in [2.75, 3.05) is 0 Å². The summed E-state index contributed by atoms with van der Waals surface area (Å²) in [4.78, 5) is 17.9. The third-order valence-electron chi connectivity index (χ3n) is 2.04. The van der Waals surface area contributed by atoms with Gasteiger partial charge in [0.2, 0.25) is 0 Å². The number of hydrogen-bond acceptors (Lipinski definition) is 6. The number of aliphatic carboxylic acids is 2. The van der Waals surface area contributed by atoms with Crippen LogP contribution in [-0.2, 0) is 30.7 Å². The molecule has 8 heteroatoms. The molecule has 1 fully saturated rings. The molecule has 0 unspecified atom stereocenters. The van der Waals surface area contributed by atoms with Crippen molar-refractivity contribution in [3.8, 4) is 0 Å². The summed E-state index contributed by atoms with van der Waals surface area (Å²) in [5.41, 5.74) is 11.3. The third-order valence-corrected chi connectivity index (χ3v) is 2.04. The molecule has 0 amide bonds. The number of halogens is 1. The molecule has 1 aliphatic carbocycles. The summed E-state index contributed by atoms with van der Waals surface area (Å²) in [5, 5.41) is 17.9. The van der Waals surface area contributed by atoms with E-state index in [4.69, 9.17) is 31.3 Å². The van der Waals surface area contributed by atoms with Gasteiger partial charge in [-0.3, -0.25) is 0 Å². The van der Waals surface area contributed by atoms with Crippen molar-refractivity contribution in [2.45, 2.75) is 37.8 Å². The molecular formula is C8H15ClN2O4Pt. The topological polar surface area (TPSA) is 132 Å². The first-order valence-electron chi connectivity index (χ1n) is 4.38. The minimum Gasteiger partial charge on any atom is -0.543 e. The van der Waals surface area contributed by atoms with Crippen LogP contribution in [0.5, 0.6) is 0 Å². The van der Waals surface area contributed by atoms with Gasteiger partial charge in [0.1, 0.15) is 0 Å². The number of carboxylic acids is 2. The van der Waals surface area contributed by atoms with Crippen LogP contribution in [0.3, 0.4) is 0 Å². The minimum atomic E-state index is -2.19. The van der Waals surface area contributed by atoms with Gasteiger partial charge < -0.3 is 31.3 Å². The first kappa shape index (κ1) is 21.2. The van der Waals surface area contributed by atoms with Gasteiger partial charge in [-0.15, -0.1) is 12.4 Å². The molecule has 0 spiro atoms. The maximum atomic E-state index is 8.93. The Bertz CT molecular complexity index is 196. The monoisotopic (exact) mass is 433 g/mol. The Morgan fingerprint density at radius 1 is 0.938 bits per heavy atom. The normalized spacial score (nSPS) is 22.6. The van der Waals surface area contributed by atoms with Gasteiger partial charge in [-0.25, -0.2) is 0 Å². The first-order valence-corrected chi connectivity index (χ1v) is 4.38. The SMILES string of the molecule is Cl.N[C@@H]1CCCC[C@H]1N.O=C([O-])C(=O)[O-].[Pt+2]. The molecule has 2 atom stereocenters. The Balaban J connectivity index is -0.000000195. The van der Waals surface area contributed by atoms with Crippen LogP contribution in [0, 0.1) is 0 Å². The summed E-state index contributed by atoms with van der Waals surface area (Å²) < 4.78 is 0. The second kappa shape index (κ2) is 11.3. The predicted molar refractivity (Wildman–Crippen MR) is 51.7 cm³/mol. The summed E-state index contributed by atoms with van der Waals surface area (Å²) in [7, 11) is 0. The number of rotatable bonds is 0. The van der Waals surface area contributed by atoms with E-state index in [9.17, 15) is 0 Å². The van der Waals surface area contributed by atoms with Crippen LogP contribution in [0.15, 0.2) is 0 Å². The number of carboxylic acid groups (broad SMARTS) is 2. The van der Waals surface area contributed by atoms with Crippen molar-refractivity contribution >= 4 is 24.3 Å². The average molecular weight is 434 g/mol. The average Bonchev–Trinajstić information content (AvgIpc) is 2.11. The van der Waals surface area contributed by atoms with Gasteiger partial charge in [-0.05, 0) is 12.8 Å². The van der Waals surface area contributed by atoms with Crippen LogP contribution < -0.4 is 21.7 Å². The fourth-order valence-electron chi connectivity index (χ4n) is 1.19. The fourth-order valence-corrected chi connectivity index (χ4v) is 1.19. The zero-order chi connectivity index (χ0) is 11.1. The Morgan fingerprint density at radius 3 is 1.31 bits per heavy atom. The second-order valence-electron chi connectivity index (χ2n) is 3.19. The molecule has 1 saturated carbocycles. The molecular weight excluding hydrogens is 419 g/mol. The van der Waals surface area contributed by atoms with Gasteiger partial charge in [0.25, 0.3) is 0 Å². The maximum Gasteiger partial charge on any atom is 2.00 e. The molecule has 0 aromatic heterocycles. The largest absolute Gasteiger partial charge is 2.00 e. The quantitative estimate of drug-likeness (QED) is 0.394. The summed E-state index contributed by atoms with van der Waals surface area (Å²) >= 11 is 0. The summed E-state index contributed by atoms with van der Waals surface area (Å²) in [5.74, 6) is -4.37. The van der Waals surface area contributed by atoms with Gasteiger partial charge in [0, 0.05) is 12.1 Å². The van der Waals surface area contributed by atoms with Crippen LogP contribution in [0.4, 0.5) is 0 Å². The summed E-state index contributed by atoms with van der Waals surface area (Å²) in [6.07, 6.45) is 4.80. The minimum absolute atomic E-state index is 0. The molecule has 0 saturated heterocycles. The molecule has 0 heterocycles. The number of hydrogen-bond donors (Lipinski definition) is 2. The zero-order valence-corrected chi connectivity index (χ0v) is 11.6. The molecule has 1 rings (SSSR count). The Morgan fingerprint density at radius 2 is 1.19 bits per heavy atom. The first-order chi connectivity index (χ1) is 6.45. The fraction of sp³-hybridized carbons (Fsp3) is 0.750. The number of carbonyl (C=O) groups is 2. The second-order valence-corrected chi connectivity index (χ2v) is 3.19. The Labute approximate surface area is 114 Å². The van der Waals surface area contributed by atoms with E-state index in [0.717, 1.165) is 12.8 Å². The van der Waals surface area contributed by atoms with Crippen LogP contribution in [0.1, 0.15) is 25.7 Å². The van der Waals surface area contributed by atoms with E-state index < -0.39 is 11.9 Å². The molecule has 98 valence electrons. The van der Waals surface area contributed by atoms with E-state index in [2.05, 4.69) is 0 Å². The van der Waals surface area contributed by atoms with E-state index in [-0.39, 0.29) is 45.6 Å². The van der Waals surface area contributed by atoms with Gasteiger partial charge in [-0.2, -0.15) is 0 Å². The smallest absolute Gasteiger partial charge is 0.543 e. The number of carbonyl (C=O) groups excluding carboxylic acids is 2. The maximum absolute atomic E-state index is 8.93. The van der Waals surface area contributed by atoms with E-state index in [1.807, 2.05) is 0 Å². The number of nitrogens with two attached hydrogens (primary N) is 2. The molecule has 0 bridgehead atoms. The van der Waals surface area contributed by atoms with E-state index in [1.165, 1.54) is 12.8 Å². The van der Waals surface area contributed by atoms with Crippen molar-refractivity contribution in [1.82, 2.24) is 0 Å². The molecule has 0 radical (unpaired) electrons. The van der Waals surface area contributed by atoms with Crippen molar-refractivity contribution in [3.05, 3.63) is 0 Å². The molecule has 0 aromatic rings. The van der Waals surface area contributed by atoms with Gasteiger partial charge in [0.05, 0.1) is 11.9 Å². The van der Waals surface area contributed by atoms with Crippen molar-refractivity contribution in [1.29, 1.82) is 0 Å². The Kier molecular flexibility index (Phi) is 15.0. The van der Waals surface area contributed by atoms with Crippen LogP contribution in [0.25, 0.3) is 0 Å². The molecule has 0 aromatic carbocycles. The molecule has 4 N–H and O–H groups in total. The summed E-state index contributed by atoms with van der Waals surface area (Å²) in [6, 6.07) is 0.562. The van der Waals surface area contributed by atoms with Crippen LogP contribution >= 0.6 is 12.4 Å². The molecule has 6 nitrogen and oxygen atoms in total. The van der Waals surface area contributed by atoms with Gasteiger partial charge in [0.15, 0.2) is 0 Å².